The largest absolute Gasteiger partial charge is 0.392 e. The van der Waals surface area contributed by atoms with Crippen LogP contribution in [0.15, 0.2) is 0 Å². The summed E-state index contributed by atoms with van der Waals surface area (Å²) in [7, 11) is 2.18. The quantitative estimate of drug-likeness (QED) is 0.737. The lowest BCUT2D eigenvalue weighted by Gasteiger charge is -2.49. The first-order chi connectivity index (χ1) is 7.65. The Hall–Kier alpha value is -0.190. The number of nitrogens with two attached hydrogens (primary N) is 1. The predicted octanol–water partition coefficient (Wildman–Crippen LogP) is 1.22. The Bertz CT molecular complexity index is 253. The normalized spacial score (nSPS) is 27.8. The summed E-state index contributed by atoms with van der Waals surface area (Å²) >= 11 is 5.36. The van der Waals surface area contributed by atoms with E-state index in [-0.39, 0.29) is 5.54 Å². The minimum Gasteiger partial charge on any atom is -0.392 e. The molecule has 2 N–H and O–H groups in total. The lowest BCUT2D eigenvalue weighted by Crippen LogP contribution is -2.62. The van der Waals surface area contributed by atoms with Crippen molar-refractivity contribution in [1.29, 1.82) is 0 Å². The van der Waals surface area contributed by atoms with Crippen molar-refractivity contribution in [2.75, 3.05) is 33.2 Å². The number of thiocarbonyl (C=S) groups is 1. The van der Waals surface area contributed by atoms with Crippen LogP contribution in [0.1, 0.15) is 32.1 Å². The fourth-order valence-corrected chi connectivity index (χ4v) is 3.36. The van der Waals surface area contributed by atoms with E-state index in [9.17, 15) is 0 Å². The van der Waals surface area contributed by atoms with Crippen molar-refractivity contribution in [1.82, 2.24) is 9.80 Å². The van der Waals surface area contributed by atoms with E-state index in [2.05, 4.69) is 16.8 Å². The second kappa shape index (κ2) is 4.98. The van der Waals surface area contributed by atoms with E-state index in [0.29, 0.717) is 0 Å². The van der Waals surface area contributed by atoms with Gasteiger partial charge in [0, 0.05) is 13.1 Å². The molecule has 0 atom stereocenters. The number of likely N-dealkylation sites (tertiary alicyclic amines) is 2. The first-order valence-corrected chi connectivity index (χ1v) is 6.79. The number of rotatable bonds is 2. The topological polar surface area (TPSA) is 32.5 Å². The first kappa shape index (κ1) is 12.3. The van der Waals surface area contributed by atoms with Crippen molar-refractivity contribution in [3.63, 3.8) is 0 Å². The van der Waals surface area contributed by atoms with Gasteiger partial charge in [-0.15, -0.1) is 0 Å². The highest BCUT2D eigenvalue weighted by Gasteiger charge is 2.41. The number of piperidine rings is 2. The average Bonchev–Trinajstić information content (AvgIpc) is 2.31. The molecule has 0 aliphatic carbocycles. The summed E-state index contributed by atoms with van der Waals surface area (Å²) in [5.74, 6) is 0. The summed E-state index contributed by atoms with van der Waals surface area (Å²) in [5, 5.41) is 0. The fraction of sp³-hybridized carbons (Fsp3) is 0.917. The van der Waals surface area contributed by atoms with Crippen molar-refractivity contribution >= 4 is 17.2 Å². The first-order valence-electron chi connectivity index (χ1n) is 6.39. The molecule has 2 rings (SSSR count). The highest BCUT2D eigenvalue weighted by Crippen LogP contribution is 2.31. The maximum atomic E-state index is 6.05. The Balaban J connectivity index is 2.11. The zero-order valence-corrected chi connectivity index (χ0v) is 11.1. The van der Waals surface area contributed by atoms with Crippen LogP contribution < -0.4 is 5.73 Å². The molecule has 0 unspecified atom stereocenters. The molecule has 92 valence electrons. The van der Waals surface area contributed by atoms with E-state index in [4.69, 9.17) is 18.0 Å². The summed E-state index contributed by atoms with van der Waals surface area (Å²) in [6.07, 6.45) is 6.20. The third-order valence-electron chi connectivity index (χ3n) is 4.23. The molecule has 0 spiro atoms. The molecule has 0 aromatic rings. The molecule has 0 radical (unpaired) electrons. The van der Waals surface area contributed by atoms with E-state index < -0.39 is 0 Å². The highest BCUT2D eigenvalue weighted by molar-refractivity contribution is 7.80. The molecule has 2 fully saturated rings. The maximum absolute atomic E-state index is 6.05. The standard InChI is InChI=1S/C12H23N3S/c1-14-9-5-12(6-10-14,11(13)16)15-7-3-2-4-8-15/h2-10H2,1H3,(H2,13,16). The highest BCUT2D eigenvalue weighted by atomic mass is 32.1. The van der Waals surface area contributed by atoms with Gasteiger partial charge < -0.3 is 10.6 Å². The van der Waals surface area contributed by atoms with Crippen LogP contribution in [-0.4, -0.2) is 53.6 Å². The molecule has 2 saturated heterocycles. The molecule has 16 heavy (non-hydrogen) atoms. The number of hydrogen-bond acceptors (Lipinski definition) is 3. The van der Waals surface area contributed by atoms with Crippen LogP contribution in [0.25, 0.3) is 0 Å². The van der Waals surface area contributed by atoms with Gasteiger partial charge in [0.05, 0.1) is 10.5 Å². The number of nitrogens with zero attached hydrogens (tertiary/aromatic N) is 2. The van der Waals surface area contributed by atoms with Crippen LogP contribution in [0.3, 0.4) is 0 Å². The Morgan fingerprint density at radius 1 is 1.06 bits per heavy atom. The van der Waals surface area contributed by atoms with Gasteiger partial charge in [0.1, 0.15) is 0 Å². The van der Waals surface area contributed by atoms with Crippen molar-refractivity contribution in [3.05, 3.63) is 0 Å². The average molecular weight is 241 g/mol. The summed E-state index contributed by atoms with van der Waals surface area (Å²) in [5.41, 5.74) is 6.08. The molecule has 2 aliphatic heterocycles. The number of hydrogen-bond donors (Lipinski definition) is 1. The summed E-state index contributed by atoms with van der Waals surface area (Å²) < 4.78 is 0. The second-order valence-corrected chi connectivity index (χ2v) is 5.69. The van der Waals surface area contributed by atoms with Crippen molar-refractivity contribution in [2.45, 2.75) is 37.6 Å². The molecular weight excluding hydrogens is 218 g/mol. The van der Waals surface area contributed by atoms with Gasteiger partial charge in [-0.25, -0.2) is 0 Å². The second-order valence-electron chi connectivity index (χ2n) is 5.25. The van der Waals surface area contributed by atoms with E-state index in [1.807, 2.05) is 0 Å². The van der Waals surface area contributed by atoms with Crippen molar-refractivity contribution < 1.29 is 0 Å². The smallest absolute Gasteiger partial charge is 0.0934 e. The van der Waals surface area contributed by atoms with Crippen LogP contribution >= 0.6 is 12.2 Å². The van der Waals surface area contributed by atoms with Gasteiger partial charge in [-0.3, -0.25) is 4.90 Å². The summed E-state index contributed by atoms with van der Waals surface area (Å²) in [4.78, 5) is 5.66. The van der Waals surface area contributed by atoms with E-state index >= 15 is 0 Å². The molecule has 2 aliphatic rings. The van der Waals surface area contributed by atoms with Gasteiger partial charge in [-0.2, -0.15) is 0 Å². The van der Waals surface area contributed by atoms with Crippen molar-refractivity contribution in [2.24, 2.45) is 5.73 Å². The maximum Gasteiger partial charge on any atom is 0.0934 e. The third-order valence-corrected chi connectivity index (χ3v) is 4.61. The minimum absolute atomic E-state index is 0.0300. The molecule has 4 heteroatoms. The Morgan fingerprint density at radius 3 is 2.12 bits per heavy atom. The summed E-state index contributed by atoms with van der Waals surface area (Å²) in [6, 6.07) is 0. The van der Waals surface area contributed by atoms with Crippen molar-refractivity contribution in [3.8, 4) is 0 Å². The van der Waals surface area contributed by atoms with Gasteiger partial charge in [0.15, 0.2) is 0 Å². The zero-order chi connectivity index (χ0) is 11.6. The van der Waals surface area contributed by atoms with E-state index in [0.717, 1.165) is 30.9 Å². The molecule has 0 bridgehead atoms. The van der Waals surface area contributed by atoms with Gasteiger partial charge in [-0.05, 0) is 45.8 Å². The zero-order valence-electron chi connectivity index (χ0n) is 10.2. The van der Waals surface area contributed by atoms with E-state index in [1.54, 1.807) is 0 Å². The van der Waals surface area contributed by atoms with Gasteiger partial charge in [0.2, 0.25) is 0 Å². The van der Waals surface area contributed by atoms with Gasteiger partial charge in [0.25, 0.3) is 0 Å². The molecule has 0 saturated carbocycles. The fourth-order valence-electron chi connectivity index (χ4n) is 3.03. The lowest BCUT2D eigenvalue weighted by molar-refractivity contribution is 0.0638. The summed E-state index contributed by atoms with van der Waals surface area (Å²) in [6.45, 7) is 4.60. The van der Waals surface area contributed by atoms with Crippen LogP contribution in [-0.2, 0) is 0 Å². The van der Waals surface area contributed by atoms with Crippen LogP contribution in [0.4, 0.5) is 0 Å². The van der Waals surface area contributed by atoms with Gasteiger partial charge in [-0.1, -0.05) is 18.6 Å². The van der Waals surface area contributed by atoms with E-state index in [1.165, 1.54) is 32.4 Å². The lowest BCUT2D eigenvalue weighted by atomic mass is 9.84. The molecular formula is C12H23N3S. The Labute approximate surface area is 104 Å². The predicted molar refractivity (Wildman–Crippen MR) is 71.7 cm³/mol. The molecule has 0 aromatic heterocycles. The third kappa shape index (κ3) is 2.24. The molecule has 3 nitrogen and oxygen atoms in total. The Kier molecular flexibility index (Phi) is 3.82. The van der Waals surface area contributed by atoms with Crippen LogP contribution in [0, 0.1) is 0 Å². The minimum atomic E-state index is 0.0300. The monoisotopic (exact) mass is 241 g/mol. The molecule has 0 aromatic carbocycles. The van der Waals surface area contributed by atoms with Crippen LogP contribution in [0.5, 0.6) is 0 Å². The van der Waals surface area contributed by atoms with Gasteiger partial charge >= 0.3 is 0 Å². The van der Waals surface area contributed by atoms with Crippen LogP contribution in [0.2, 0.25) is 0 Å². The molecule has 2 heterocycles. The Morgan fingerprint density at radius 2 is 1.62 bits per heavy atom. The molecule has 0 amide bonds. The SMILES string of the molecule is CN1CCC(C(N)=S)(N2CCCCC2)CC1.